The zero-order valence-electron chi connectivity index (χ0n) is 14.9. The van der Waals surface area contributed by atoms with E-state index in [1.165, 1.54) is 24.0 Å². The standard InChI is InChI=1S/C20H28ClN3/c1-20(2,16-8-10-17(21)11-9-16)18-7-6-14-24-19(18)15-23-13-5-4-12-22-3/h6-11,14,22-23H,4-5,12-13,15H2,1-3H3. The van der Waals surface area contributed by atoms with Gasteiger partial charge in [-0.15, -0.1) is 0 Å². The van der Waals surface area contributed by atoms with Gasteiger partial charge in [0.25, 0.3) is 0 Å². The third-order valence-corrected chi connectivity index (χ3v) is 4.70. The van der Waals surface area contributed by atoms with Crippen LogP contribution in [0.5, 0.6) is 0 Å². The number of aromatic nitrogens is 1. The monoisotopic (exact) mass is 345 g/mol. The largest absolute Gasteiger partial charge is 0.320 e. The molecular formula is C20H28ClN3. The van der Waals surface area contributed by atoms with E-state index in [-0.39, 0.29) is 5.41 Å². The number of hydrogen-bond donors (Lipinski definition) is 2. The van der Waals surface area contributed by atoms with Crippen molar-refractivity contribution in [2.75, 3.05) is 20.1 Å². The van der Waals surface area contributed by atoms with Gasteiger partial charge in [0, 0.05) is 23.2 Å². The van der Waals surface area contributed by atoms with Crippen molar-refractivity contribution >= 4 is 11.6 Å². The maximum absolute atomic E-state index is 6.03. The van der Waals surface area contributed by atoms with Crippen LogP contribution >= 0.6 is 11.6 Å². The molecule has 2 aromatic rings. The Morgan fingerprint density at radius 1 is 1.04 bits per heavy atom. The third kappa shape index (κ3) is 5.04. The van der Waals surface area contributed by atoms with Crippen LogP contribution < -0.4 is 10.6 Å². The maximum Gasteiger partial charge on any atom is 0.0582 e. The first-order valence-electron chi connectivity index (χ1n) is 8.61. The highest BCUT2D eigenvalue weighted by Gasteiger charge is 2.26. The van der Waals surface area contributed by atoms with Crippen molar-refractivity contribution in [3.63, 3.8) is 0 Å². The molecule has 0 fully saturated rings. The number of halogens is 1. The van der Waals surface area contributed by atoms with Crippen LogP contribution in [0.2, 0.25) is 5.02 Å². The van der Waals surface area contributed by atoms with Crippen molar-refractivity contribution in [2.45, 2.75) is 38.6 Å². The summed E-state index contributed by atoms with van der Waals surface area (Å²) in [5, 5.41) is 7.47. The van der Waals surface area contributed by atoms with Gasteiger partial charge >= 0.3 is 0 Å². The second kappa shape index (κ2) is 9.16. The average molecular weight is 346 g/mol. The smallest absolute Gasteiger partial charge is 0.0582 e. The molecule has 0 aliphatic rings. The minimum absolute atomic E-state index is 0.109. The van der Waals surface area contributed by atoms with Gasteiger partial charge < -0.3 is 10.6 Å². The van der Waals surface area contributed by atoms with E-state index in [0.29, 0.717) is 0 Å². The molecule has 0 unspecified atom stereocenters. The molecule has 3 nitrogen and oxygen atoms in total. The van der Waals surface area contributed by atoms with Gasteiger partial charge in [-0.1, -0.05) is 43.6 Å². The second-order valence-corrected chi connectivity index (χ2v) is 7.05. The highest BCUT2D eigenvalue weighted by Crippen LogP contribution is 2.33. The molecule has 0 aliphatic carbocycles. The molecule has 0 saturated heterocycles. The fourth-order valence-corrected chi connectivity index (χ4v) is 3.05. The number of unbranched alkanes of at least 4 members (excludes halogenated alkanes) is 1. The van der Waals surface area contributed by atoms with Gasteiger partial charge in [-0.25, -0.2) is 0 Å². The number of benzene rings is 1. The van der Waals surface area contributed by atoms with E-state index in [2.05, 4.69) is 47.7 Å². The molecular weight excluding hydrogens is 318 g/mol. The molecule has 0 bridgehead atoms. The lowest BCUT2D eigenvalue weighted by Crippen LogP contribution is -2.25. The van der Waals surface area contributed by atoms with Gasteiger partial charge in [-0.05, 0) is 62.3 Å². The average Bonchev–Trinajstić information content (AvgIpc) is 2.58. The molecule has 0 radical (unpaired) electrons. The number of pyridine rings is 1. The Morgan fingerprint density at radius 3 is 2.46 bits per heavy atom. The van der Waals surface area contributed by atoms with Crippen LogP contribution in [0.1, 0.15) is 43.5 Å². The molecule has 130 valence electrons. The van der Waals surface area contributed by atoms with Crippen LogP contribution in [0, 0.1) is 0 Å². The van der Waals surface area contributed by atoms with E-state index in [0.717, 1.165) is 30.4 Å². The first-order valence-corrected chi connectivity index (χ1v) is 8.99. The summed E-state index contributed by atoms with van der Waals surface area (Å²) in [5.41, 5.74) is 3.51. The molecule has 0 amide bonds. The molecule has 1 aromatic heterocycles. The van der Waals surface area contributed by atoms with Crippen LogP contribution in [-0.4, -0.2) is 25.1 Å². The van der Waals surface area contributed by atoms with Gasteiger partial charge in [0.15, 0.2) is 0 Å². The van der Waals surface area contributed by atoms with E-state index in [9.17, 15) is 0 Å². The van der Waals surface area contributed by atoms with Crippen LogP contribution in [0.4, 0.5) is 0 Å². The molecule has 0 aliphatic heterocycles. The zero-order valence-corrected chi connectivity index (χ0v) is 15.7. The Balaban J connectivity index is 2.08. The Bertz CT molecular complexity index is 623. The van der Waals surface area contributed by atoms with Gasteiger partial charge in [-0.2, -0.15) is 0 Å². The van der Waals surface area contributed by atoms with Gasteiger partial charge in [-0.3, -0.25) is 4.98 Å². The molecule has 1 aromatic carbocycles. The molecule has 2 rings (SSSR count). The first kappa shape index (κ1) is 18.9. The topological polar surface area (TPSA) is 37.0 Å². The van der Waals surface area contributed by atoms with Crippen molar-refractivity contribution in [3.05, 3.63) is 64.4 Å². The van der Waals surface area contributed by atoms with E-state index in [4.69, 9.17) is 11.6 Å². The quantitative estimate of drug-likeness (QED) is 0.670. The summed E-state index contributed by atoms with van der Waals surface area (Å²) in [6.45, 7) is 7.36. The molecule has 4 heteroatoms. The fourth-order valence-electron chi connectivity index (χ4n) is 2.93. The predicted octanol–water partition coefficient (Wildman–Crippen LogP) is 4.15. The van der Waals surface area contributed by atoms with E-state index in [1.54, 1.807) is 0 Å². The van der Waals surface area contributed by atoms with Crippen LogP contribution in [0.3, 0.4) is 0 Å². The molecule has 0 saturated carbocycles. The number of hydrogen-bond acceptors (Lipinski definition) is 3. The van der Waals surface area contributed by atoms with E-state index < -0.39 is 0 Å². The Kier molecular flexibility index (Phi) is 7.22. The summed E-state index contributed by atoms with van der Waals surface area (Å²) in [6.07, 6.45) is 4.23. The van der Waals surface area contributed by atoms with Crippen LogP contribution in [-0.2, 0) is 12.0 Å². The van der Waals surface area contributed by atoms with Crippen molar-refractivity contribution < 1.29 is 0 Å². The minimum atomic E-state index is -0.109. The van der Waals surface area contributed by atoms with Crippen LogP contribution in [0.15, 0.2) is 42.6 Å². The number of nitrogens with zero attached hydrogens (tertiary/aromatic N) is 1. The van der Waals surface area contributed by atoms with Crippen molar-refractivity contribution in [1.82, 2.24) is 15.6 Å². The summed E-state index contributed by atoms with van der Waals surface area (Å²) in [6, 6.07) is 12.3. The summed E-state index contributed by atoms with van der Waals surface area (Å²) < 4.78 is 0. The molecule has 0 spiro atoms. The summed E-state index contributed by atoms with van der Waals surface area (Å²) in [4.78, 5) is 4.62. The van der Waals surface area contributed by atoms with Crippen molar-refractivity contribution in [3.8, 4) is 0 Å². The maximum atomic E-state index is 6.03. The SMILES string of the molecule is CNCCCCNCc1ncccc1C(C)(C)c1ccc(Cl)cc1. The van der Waals surface area contributed by atoms with Crippen molar-refractivity contribution in [1.29, 1.82) is 0 Å². The lowest BCUT2D eigenvalue weighted by Gasteiger charge is -2.28. The summed E-state index contributed by atoms with van der Waals surface area (Å²) in [5.74, 6) is 0. The minimum Gasteiger partial charge on any atom is -0.320 e. The Morgan fingerprint density at radius 2 is 1.75 bits per heavy atom. The molecule has 0 atom stereocenters. The first-order chi connectivity index (χ1) is 11.6. The lowest BCUT2D eigenvalue weighted by molar-refractivity contribution is 0.579. The lowest BCUT2D eigenvalue weighted by atomic mass is 9.77. The van der Waals surface area contributed by atoms with Crippen LogP contribution in [0.25, 0.3) is 0 Å². The Labute approximate surface area is 150 Å². The second-order valence-electron chi connectivity index (χ2n) is 6.62. The van der Waals surface area contributed by atoms with Gasteiger partial charge in [0.1, 0.15) is 0 Å². The van der Waals surface area contributed by atoms with Gasteiger partial charge in [0.2, 0.25) is 0 Å². The van der Waals surface area contributed by atoms with E-state index >= 15 is 0 Å². The highest BCUT2D eigenvalue weighted by molar-refractivity contribution is 6.30. The zero-order chi connectivity index (χ0) is 17.4. The molecule has 24 heavy (non-hydrogen) atoms. The number of rotatable bonds is 9. The third-order valence-electron chi connectivity index (χ3n) is 4.45. The summed E-state index contributed by atoms with van der Waals surface area (Å²) in [7, 11) is 1.99. The normalized spacial score (nSPS) is 11.7. The van der Waals surface area contributed by atoms with E-state index in [1.807, 2.05) is 31.4 Å². The van der Waals surface area contributed by atoms with Crippen molar-refractivity contribution in [2.24, 2.45) is 0 Å². The van der Waals surface area contributed by atoms with Gasteiger partial charge in [0.05, 0.1) is 5.69 Å². The predicted molar refractivity (Wildman–Crippen MR) is 103 cm³/mol. The molecule has 2 N–H and O–H groups in total. The number of nitrogens with one attached hydrogen (secondary N) is 2. The molecule has 1 heterocycles. The Hall–Kier alpha value is -1.42. The summed E-state index contributed by atoms with van der Waals surface area (Å²) >= 11 is 6.03. The highest BCUT2D eigenvalue weighted by atomic mass is 35.5. The fraction of sp³-hybridized carbons (Fsp3) is 0.450.